The van der Waals surface area contributed by atoms with Crippen molar-refractivity contribution in [2.45, 2.75) is 58.0 Å². The minimum absolute atomic E-state index is 0.376. The zero-order valence-electron chi connectivity index (χ0n) is 11.2. The van der Waals surface area contributed by atoms with Gasteiger partial charge in [0.2, 0.25) is 0 Å². The maximum Gasteiger partial charge on any atom is 0.0671 e. The second-order valence-electron chi connectivity index (χ2n) is 5.94. The van der Waals surface area contributed by atoms with Gasteiger partial charge in [0.25, 0.3) is 0 Å². The van der Waals surface area contributed by atoms with E-state index in [4.69, 9.17) is 0 Å². The highest BCUT2D eigenvalue weighted by Gasteiger charge is 2.35. The van der Waals surface area contributed by atoms with Gasteiger partial charge in [0.05, 0.1) is 5.60 Å². The summed E-state index contributed by atoms with van der Waals surface area (Å²) in [4.78, 5) is 0. The zero-order valence-corrected chi connectivity index (χ0v) is 11.2. The van der Waals surface area contributed by atoms with Crippen molar-refractivity contribution in [3.8, 4) is 0 Å². The highest BCUT2D eigenvalue weighted by atomic mass is 16.3. The number of rotatable bonds is 2. The summed E-state index contributed by atoms with van der Waals surface area (Å²) in [6.45, 7) is 6.39. The van der Waals surface area contributed by atoms with E-state index in [0.717, 1.165) is 25.7 Å². The quantitative estimate of drug-likeness (QED) is 0.816. The van der Waals surface area contributed by atoms with Gasteiger partial charge in [-0.05, 0) is 50.0 Å². The molecule has 1 aliphatic rings. The molecule has 0 heterocycles. The number of aliphatic hydroxyl groups is 1. The molecule has 0 spiro atoms. The van der Waals surface area contributed by atoms with E-state index < -0.39 is 5.60 Å². The van der Waals surface area contributed by atoms with Crippen LogP contribution in [0, 0.1) is 12.8 Å². The first-order valence-electron chi connectivity index (χ1n) is 6.80. The summed E-state index contributed by atoms with van der Waals surface area (Å²) in [5.74, 6) is 1.02. The summed E-state index contributed by atoms with van der Waals surface area (Å²) in [6.07, 6.45) is 4.14. The summed E-state index contributed by atoms with van der Waals surface area (Å²) in [6, 6.07) is 8.89. The third-order valence-electron chi connectivity index (χ3n) is 4.47. The Labute approximate surface area is 105 Å². The lowest BCUT2D eigenvalue weighted by atomic mass is 9.71. The van der Waals surface area contributed by atoms with Gasteiger partial charge >= 0.3 is 0 Å². The Bertz CT molecular complexity index is 356. The second kappa shape index (κ2) is 4.81. The molecule has 1 aliphatic carbocycles. The first kappa shape index (κ1) is 12.6. The molecule has 0 bridgehead atoms. The molecular weight excluding hydrogens is 208 g/mol. The predicted molar refractivity (Wildman–Crippen MR) is 72.2 cm³/mol. The van der Waals surface area contributed by atoms with Crippen molar-refractivity contribution in [2.75, 3.05) is 0 Å². The van der Waals surface area contributed by atoms with E-state index in [-0.39, 0.29) is 0 Å². The first-order valence-corrected chi connectivity index (χ1v) is 6.80. The van der Waals surface area contributed by atoms with Crippen molar-refractivity contribution in [3.05, 3.63) is 35.4 Å². The molecule has 0 atom stereocenters. The minimum atomic E-state index is -0.415. The van der Waals surface area contributed by atoms with E-state index >= 15 is 0 Å². The number of benzene rings is 1. The van der Waals surface area contributed by atoms with Crippen LogP contribution < -0.4 is 0 Å². The molecule has 1 N–H and O–H groups in total. The lowest BCUT2D eigenvalue weighted by Gasteiger charge is -2.39. The lowest BCUT2D eigenvalue weighted by Crippen LogP contribution is -2.38. The molecule has 1 nitrogen and oxygen atoms in total. The van der Waals surface area contributed by atoms with Gasteiger partial charge < -0.3 is 5.11 Å². The van der Waals surface area contributed by atoms with Crippen LogP contribution in [0.25, 0.3) is 0 Å². The largest absolute Gasteiger partial charge is 0.390 e. The monoisotopic (exact) mass is 232 g/mol. The van der Waals surface area contributed by atoms with Crippen LogP contribution in [-0.2, 0) is 0 Å². The maximum atomic E-state index is 10.5. The highest BCUT2D eigenvalue weighted by Crippen LogP contribution is 2.41. The molecule has 0 unspecified atom stereocenters. The van der Waals surface area contributed by atoms with E-state index in [1.165, 1.54) is 11.1 Å². The SMILES string of the molecule is Cc1ccc([C@H]2CC[C@](O)(C(C)C)CC2)cc1. The van der Waals surface area contributed by atoms with Crippen LogP contribution in [0.2, 0.25) is 0 Å². The van der Waals surface area contributed by atoms with Gasteiger partial charge in [0.1, 0.15) is 0 Å². The molecule has 1 fully saturated rings. The first-order chi connectivity index (χ1) is 8.01. The predicted octanol–water partition coefficient (Wildman–Crippen LogP) is 4.04. The van der Waals surface area contributed by atoms with Gasteiger partial charge in [-0.3, -0.25) is 0 Å². The summed E-state index contributed by atoms with van der Waals surface area (Å²) in [7, 11) is 0. The average Bonchev–Trinajstić information content (AvgIpc) is 2.31. The topological polar surface area (TPSA) is 20.2 Å². The minimum Gasteiger partial charge on any atom is -0.390 e. The van der Waals surface area contributed by atoms with Crippen LogP contribution in [-0.4, -0.2) is 10.7 Å². The van der Waals surface area contributed by atoms with Gasteiger partial charge in [0.15, 0.2) is 0 Å². The number of aryl methyl sites for hydroxylation is 1. The van der Waals surface area contributed by atoms with E-state index in [1.54, 1.807) is 0 Å². The Morgan fingerprint density at radius 2 is 1.65 bits per heavy atom. The third-order valence-corrected chi connectivity index (χ3v) is 4.47. The Balaban J connectivity index is 2.02. The molecule has 0 amide bonds. The molecule has 1 heteroatoms. The Morgan fingerprint density at radius 1 is 1.12 bits per heavy atom. The van der Waals surface area contributed by atoms with Crippen molar-refractivity contribution in [1.29, 1.82) is 0 Å². The fourth-order valence-electron chi connectivity index (χ4n) is 2.87. The van der Waals surface area contributed by atoms with E-state index in [9.17, 15) is 5.11 Å². The highest BCUT2D eigenvalue weighted by molar-refractivity contribution is 5.25. The fraction of sp³-hybridized carbons (Fsp3) is 0.625. The van der Waals surface area contributed by atoms with Crippen LogP contribution >= 0.6 is 0 Å². The van der Waals surface area contributed by atoms with Crippen molar-refractivity contribution in [1.82, 2.24) is 0 Å². The summed E-state index contributed by atoms with van der Waals surface area (Å²) in [5, 5.41) is 10.5. The lowest BCUT2D eigenvalue weighted by molar-refractivity contribution is -0.0409. The van der Waals surface area contributed by atoms with Crippen molar-refractivity contribution < 1.29 is 5.11 Å². The van der Waals surface area contributed by atoms with E-state index in [0.29, 0.717) is 11.8 Å². The van der Waals surface area contributed by atoms with Crippen LogP contribution in [0.1, 0.15) is 56.6 Å². The molecule has 0 saturated heterocycles. The van der Waals surface area contributed by atoms with E-state index in [1.807, 2.05) is 0 Å². The van der Waals surface area contributed by atoms with Gasteiger partial charge in [-0.15, -0.1) is 0 Å². The summed E-state index contributed by atoms with van der Waals surface area (Å²) < 4.78 is 0. The zero-order chi connectivity index (χ0) is 12.5. The Kier molecular flexibility index (Phi) is 3.58. The van der Waals surface area contributed by atoms with Crippen LogP contribution in [0.3, 0.4) is 0 Å². The molecule has 17 heavy (non-hydrogen) atoms. The molecule has 0 radical (unpaired) electrons. The average molecular weight is 232 g/mol. The van der Waals surface area contributed by atoms with Crippen molar-refractivity contribution in [3.63, 3.8) is 0 Å². The molecule has 1 aromatic rings. The molecule has 2 rings (SSSR count). The maximum absolute atomic E-state index is 10.5. The molecule has 0 aliphatic heterocycles. The van der Waals surface area contributed by atoms with Gasteiger partial charge in [-0.2, -0.15) is 0 Å². The van der Waals surface area contributed by atoms with E-state index in [2.05, 4.69) is 45.0 Å². The third kappa shape index (κ3) is 2.71. The number of hydrogen-bond acceptors (Lipinski definition) is 1. The summed E-state index contributed by atoms with van der Waals surface area (Å²) in [5.41, 5.74) is 2.35. The van der Waals surface area contributed by atoms with Crippen LogP contribution in [0.5, 0.6) is 0 Å². The fourth-order valence-corrected chi connectivity index (χ4v) is 2.87. The molecule has 94 valence electrons. The Hall–Kier alpha value is -0.820. The van der Waals surface area contributed by atoms with Gasteiger partial charge in [-0.1, -0.05) is 43.7 Å². The molecule has 1 saturated carbocycles. The summed E-state index contributed by atoms with van der Waals surface area (Å²) >= 11 is 0. The smallest absolute Gasteiger partial charge is 0.0671 e. The normalized spacial score (nSPS) is 29.6. The van der Waals surface area contributed by atoms with Gasteiger partial charge in [-0.25, -0.2) is 0 Å². The molecular formula is C16H24O. The molecule has 1 aromatic carbocycles. The second-order valence-corrected chi connectivity index (χ2v) is 5.94. The number of hydrogen-bond donors (Lipinski definition) is 1. The van der Waals surface area contributed by atoms with Crippen molar-refractivity contribution in [2.24, 2.45) is 5.92 Å². The Morgan fingerprint density at radius 3 is 2.12 bits per heavy atom. The standard InChI is InChI=1S/C16H24O/c1-12(2)16(17)10-8-15(9-11-16)14-6-4-13(3)5-7-14/h4-7,12,15,17H,8-11H2,1-3H3/t15-,16+. The van der Waals surface area contributed by atoms with Crippen LogP contribution in [0.15, 0.2) is 24.3 Å². The molecule has 0 aromatic heterocycles. The van der Waals surface area contributed by atoms with Gasteiger partial charge in [0, 0.05) is 0 Å². The van der Waals surface area contributed by atoms with Crippen LogP contribution in [0.4, 0.5) is 0 Å². The van der Waals surface area contributed by atoms with Crippen molar-refractivity contribution >= 4 is 0 Å².